The monoisotopic (exact) mass is 257 g/mol. The smallest absolute Gasteiger partial charge is 0.163 e. The fourth-order valence-corrected chi connectivity index (χ4v) is 2.42. The van der Waals surface area contributed by atoms with Gasteiger partial charge in [0.25, 0.3) is 0 Å². The average molecular weight is 257 g/mol. The van der Waals surface area contributed by atoms with E-state index >= 15 is 0 Å². The van der Waals surface area contributed by atoms with Crippen molar-refractivity contribution in [3.8, 4) is 6.07 Å². The molecule has 2 aromatic rings. The van der Waals surface area contributed by atoms with Crippen LogP contribution in [0.5, 0.6) is 0 Å². The van der Waals surface area contributed by atoms with Crippen LogP contribution in [0.3, 0.4) is 0 Å². The molecule has 1 aliphatic rings. The van der Waals surface area contributed by atoms with E-state index in [1.807, 2.05) is 13.2 Å². The molecule has 1 fully saturated rings. The summed E-state index contributed by atoms with van der Waals surface area (Å²) in [7, 11) is 1.88. The number of nitriles is 1. The van der Waals surface area contributed by atoms with Crippen molar-refractivity contribution in [1.29, 1.82) is 5.26 Å². The maximum atomic E-state index is 8.71. The Morgan fingerprint density at radius 3 is 2.79 bits per heavy atom. The molecule has 2 aromatic heterocycles. The number of hydrogen-bond donors (Lipinski definition) is 0. The van der Waals surface area contributed by atoms with E-state index in [0.29, 0.717) is 6.54 Å². The Morgan fingerprint density at radius 2 is 2.05 bits per heavy atom. The molecule has 0 N–H and O–H groups in total. The van der Waals surface area contributed by atoms with Crippen LogP contribution in [0.25, 0.3) is 11.0 Å². The molecule has 0 unspecified atom stereocenters. The number of hydrogen-bond acceptors (Lipinski definition) is 6. The molecule has 3 heterocycles. The van der Waals surface area contributed by atoms with E-state index in [1.54, 1.807) is 11.0 Å². The summed E-state index contributed by atoms with van der Waals surface area (Å²) in [5.74, 6) is 0.940. The van der Waals surface area contributed by atoms with Gasteiger partial charge in [-0.25, -0.2) is 9.97 Å². The van der Waals surface area contributed by atoms with Crippen molar-refractivity contribution in [3.05, 3.63) is 12.5 Å². The standard InChI is InChI=1S/C12H15N7/c1-17-11-10(8-16-17)12(15-9-14-11)19-6-4-18(3-2-13)5-7-19/h8-9H,3-7H2,1H3. The van der Waals surface area contributed by atoms with Gasteiger partial charge in [-0.3, -0.25) is 9.58 Å². The fraction of sp³-hybridized carbons (Fsp3) is 0.500. The summed E-state index contributed by atoms with van der Waals surface area (Å²) in [4.78, 5) is 13.0. The fourth-order valence-electron chi connectivity index (χ4n) is 2.42. The van der Waals surface area contributed by atoms with E-state index in [-0.39, 0.29) is 0 Å². The van der Waals surface area contributed by atoms with Crippen molar-refractivity contribution in [2.24, 2.45) is 7.05 Å². The highest BCUT2D eigenvalue weighted by atomic mass is 15.3. The molecule has 7 heteroatoms. The topological polar surface area (TPSA) is 73.9 Å². The Hall–Kier alpha value is -2.20. The van der Waals surface area contributed by atoms with Gasteiger partial charge in [-0.05, 0) is 0 Å². The van der Waals surface area contributed by atoms with Gasteiger partial charge in [0.15, 0.2) is 5.65 Å². The lowest BCUT2D eigenvalue weighted by atomic mass is 10.3. The normalized spacial score (nSPS) is 16.7. The molecular weight excluding hydrogens is 242 g/mol. The molecule has 0 spiro atoms. The van der Waals surface area contributed by atoms with Crippen LogP contribution in [-0.4, -0.2) is 57.4 Å². The molecule has 0 atom stereocenters. The summed E-state index contributed by atoms with van der Waals surface area (Å²) in [6, 6.07) is 2.19. The summed E-state index contributed by atoms with van der Waals surface area (Å²) >= 11 is 0. The van der Waals surface area contributed by atoms with Gasteiger partial charge >= 0.3 is 0 Å². The average Bonchev–Trinajstić information content (AvgIpc) is 2.82. The van der Waals surface area contributed by atoms with Crippen molar-refractivity contribution >= 4 is 16.9 Å². The van der Waals surface area contributed by atoms with E-state index in [2.05, 4.69) is 30.9 Å². The number of aryl methyl sites for hydroxylation is 1. The van der Waals surface area contributed by atoms with Gasteiger partial charge in [-0.15, -0.1) is 0 Å². The summed E-state index contributed by atoms with van der Waals surface area (Å²) in [5.41, 5.74) is 0.851. The largest absolute Gasteiger partial charge is 0.353 e. The number of rotatable bonds is 2. The highest BCUT2D eigenvalue weighted by Gasteiger charge is 2.20. The molecule has 0 aromatic carbocycles. The maximum Gasteiger partial charge on any atom is 0.163 e. The third-order valence-corrected chi connectivity index (χ3v) is 3.47. The van der Waals surface area contributed by atoms with E-state index in [0.717, 1.165) is 43.0 Å². The number of fused-ring (bicyclic) bond motifs is 1. The van der Waals surface area contributed by atoms with Crippen LogP contribution in [0.4, 0.5) is 5.82 Å². The molecule has 1 saturated heterocycles. The Balaban J connectivity index is 1.84. The highest BCUT2D eigenvalue weighted by molar-refractivity contribution is 5.86. The first-order chi connectivity index (χ1) is 9.29. The van der Waals surface area contributed by atoms with Crippen molar-refractivity contribution < 1.29 is 0 Å². The van der Waals surface area contributed by atoms with Crippen LogP contribution in [-0.2, 0) is 7.05 Å². The Bertz CT molecular complexity index is 619. The van der Waals surface area contributed by atoms with Gasteiger partial charge in [0.2, 0.25) is 0 Å². The predicted octanol–water partition coefficient (Wildman–Crippen LogP) is 0.00888. The van der Waals surface area contributed by atoms with Crippen LogP contribution < -0.4 is 4.90 Å². The molecule has 0 bridgehead atoms. The van der Waals surface area contributed by atoms with Crippen LogP contribution in [0, 0.1) is 11.3 Å². The number of piperazine rings is 1. The first-order valence-corrected chi connectivity index (χ1v) is 6.26. The molecule has 7 nitrogen and oxygen atoms in total. The van der Waals surface area contributed by atoms with E-state index in [4.69, 9.17) is 5.26 Å². The first-order valence-electron chi connectivity index (χ1n) is 6.26. The minimum Gasteiger partial charge on any atom is -0.353 e. The summed E-state index contributed by atoms with van der Waals surface area (Å²) in [6.45, 7) is 4.03. The lowest BCUT2D eigenvalue weighted by Gasteiger charge is -2.34. The maximum absolute atomic E-state index is 8.71. The quantitative estimate of drug-likeness (QED) is 0.706. The molecule has 19 heavy (non-hydrogen) atoms. The predicted molar refractivity (Wildman–Crippen MR) is 70.6 cm³/mol. The van der Waals surface area contributed by atoms with Gasteiger partial charge < -0.3 is 4.90 Å². The molecule has 3 rings (SSSR count). The lowest BCUT2D eigenvalue weighted by molar-refractivity contribution is 0.286. The van der Waals surface area contributed by atoms with Gasteiger partial charge in [-0.1, -0.05) is 0 Å². The van der Waals surface area contributed by atoms with Crippen LogP contribution in [0.1, 0.15) is 0 Å². The zero-order valence-corrected chi connectivity index (χ0v) is 10.8. The van der Waals surface area contributed by atoms with Crippen molar-refractivity contribution in [3.63, 3.8) is 0 Å². The first kappa shape index (κ1) is 11.9. The molecule has 98 valence electrons. The minimum absolute atomic E-state index is 0.500. The lowest BCUT2D eigenvalue weighted by Crippen LogP contribution is -2.46. The van der Waals surface area contributed by atoms with Gasteiger partial charge in [-0.2, -0.15) is 10.4 Å². The van der Waals surface area contributed by atoms with E-state index in [1.165, 1.54) is 0 Å². The second-order valence-electron chi connectivity index (χ2n) is 4.62. The van der Waals surface area contributed by atoms with Gasteiger partial charge in [0.1, 0.15) is 12.1 Å². The highest BCUT2D eigenvalue weighted by Crippen LogP contribution is 2.22. The van der Waals surface area contributed by atoms with Crippen molar-refractivity contribution in [2.75, 3.05) is 37.6 Å². The molecule has 0 radical (unpaired) electrons. The molecule has 0 aliphatic carbocycles. The molecular formula is C12H15N7. The van der Waals surface area contributed by atoms with Crippen LogP contribution in [0.15, 0.2) is 12.5 Å². The Labute approximate surface area is 111 Å². The zero-order valence-electron chi connectivity index (χ0n) is 10.8. The summed E-state index contributed by atoms with van der Waals surface area (Å²) in [5, 5.41) is 13.9. The van der Waals surface area contributed by atoms with Crippen LogP contribution in [0.2, 0.25) is 0 Å². The van der Waals surface area contributed by atoms with E-state index in [9.17, 15) is 0 Å². The zero-order chi connectivity index (χ0) is 13.2. The van der Waals surface area contributed by atoms with Gasteiger partial charge in [0, 0.05) is 33.2 Å². The third-order valence-electron chi connectivity index (χ3n) is 3.47. The van der Waals surface area contributed by atoms with Crippen LogP contribution >= 0.6 is 0 Å². The van der Waals surface area contributed by atoms with Crippen molar-refractivity contribution in [2.45, 2.75) is 0 Å². The van der Waals surface area contributed by atoms with Gasteiger partial charge in [0.05, 0.1) is 24.2 Å². The minimum atomic E-state index is 0.500. The van der Waals surface area contributed by atoms with E-state index < -0.39 is 0 Å². The molecule has 0 saturated carbocycles. The number of nitrogens with zero attached hydrogens (tertiary/aromatic N) is 7. The van der Waals surface area contributed by atoms with Crippen molar-refractivity contribution in [1.82, 2.24) is 24.6 Å². The molecule has 0 amide bonds. The summed E-state index contributed by atoms with van der Waals surface area (Å²) < 4.78 is 1.76. The summed E-state index contributed by atoms with van der Waals surface area (Å²) in [6.07, 6.45) is 3.40. The molecule has 1 aliphatic heterocycles. The number of aromatic nitrogens is 4. The second kappa shape index (κ2) is 4.82. The SMILES string of the molecule is Cn1ncc2c(N3CCN(CC#N)CC3)ncnc21. The Kier molecular flexibility index (Phi) is 3.01. The third kappa shape index (κ3) is 2.11. The second-order valence-corrected chi connectivity index (χ2v) is 4.62. The number of anilines is 1. The Morgan fingerprint density at radius 1 is 1.26 bits per heavy atom.